The van der Waals surface area contributed by atoms with Crippen molar-refractivity contribution in [2.75, 3.05) is 4.43 Å². The van der Waals surface area contributed by atoms with Gasteiger partial charge >= 0.3 is 0 Å². The topological polar surface area (TPSA) is 90.2 Å². The van der Waals surface area contributed by atoms with Crippen LogP contribution in [0, 0.1) is 0 Å². The van der Waals surface area contributed by atoms with Gasteiger partial charge in [-0.3, -0.25) is 0 Å². The smallest absolute Gasteiger partial charge is 0.183 e. The van der Waals surface area contributed by atoms with Crippen molar-refractivity contribution in [1.29, 1.82) is 0 Å². The number of rotatable bonds is 1. The Balaban J connectivity index is 2.63. The van der Waals surface area contributed by atoms with Crippen molar-refractivity contribution in [2.45, 2.75) is 30.7 Å². The average molecular weight is 290 g/mol. The molecule has 0 saturated carbocycles. The van der Waals surface area contributed by atoms with Gasteiger partial charge in [0.25, 0.3) is 0 Å². The Hall–Kier alpha value is 0.530. The molecule has 0 spiro atoms. The Labute approximate surface area is 83.1 Å². The zero-order chi connectivity index (χ0) is 9.30. The fraction of sp³-hybridized carbons (Fsp3) is 1.00. The quantitative estimate of drug-likeness (QED) is 0.339. The van der Waals surface area contributed by atoms with Gasteiger partial charge in [-0.15, -0.1) is 0 Å². The number of hydrogen-bond acceptors (Lipinski definition) is 5. The highest BCUT2D eigenvalue weighted by Gasteiger charge is 2.42. The second kappa shape index (κ2) is 4.16. The van der Waals surface area contributed by atoms with Crippen LogP contribution in [0.25, 0.3) is 0 Å². The summed E-state index contributed by atoms with van der Waals surface area (Å²) >= 11 is 1.96. The lowest BCUT2D eigenvalue weighted by atomic mass is 10.0. The Morgan fingerprint density at radius 2 is 1.58 bits per heavy atom. The monoisotopic (exact) mass is 290 g/mol. The van der Waals surface area contributed by atoms with Crippen LogP contribution in [0.15, 0.2) is 0 Å². The lowest BCUT2D eigenvalue weighted by Gasteiger charge is -2.37. The predicted octanol–water partition coefficient (Wildman–Crippen LogP) is -1.78. The lowest BCUT2D eigenvalue weighted by molar-refractivity contribution is -0.275. The second-order valence-electron chi connectivity index (χ2n) is 2.69. The Morgan fingerprint density at radius 1 is 1.00 bits per heavy atom. The normalized spacial score (nSPS) is 49.2. The summed E-state index contributed by atoms with van der Waals surface area (Å²) in [6, 6.07) is 0. The maximum absolute atomic E-state index is 9.27. The molecule has 1 heterocycles. The minimum atomic E-state index is -1.43. The van der Waals surface area contributed by atoms with Crippen LogP contribution in [0.4, 0.5) is 0 Å². The number of halogens is 1. The van der Waals surface area contributed by atoms with Gasteiger partial charge in [-0.25, -0.2) is 0 Å². The van der Waals surface area contributed by atoms with Crippen molar-refractivity contribution >= 4 is 22.6 Å². The third-order valence-electron chi connectivity index (χ3n) is 1.84. The molecule has 6 heteroatoms. The standard InChI is InChI=1S/C6H11IO5/c7-1-2-3(8)4(9)5(10)6(11)12-2/h2-6,8-11H,1H2/t2-,3-,4+,5-,6?/m0/s1. The van der Waals surface area contributed by atoms with Crippen molar-refractivity contribution in [2.24, 2.45) is 0 Å². The summed E-state index contributed by atoms with van der Waals surface area (Å²) in [4.78, 5) is 0. The van der Waals surface area contributed by atoms with E-state index in [0.717, 1.165) is 0 Å². The molecule has 72 valence electrons. The van der Waals surface area contributed by atoms with Gasteiger partial charge < -0.3 is 25.2 Å². The summed E-state index contributed by atoms with van der Waals surface area (Å²) in [6.07, 6.45) is -5.95. The molecule has 1 aliphatic heterocycles. The van der Waals surface area contributed by atoms with Crippen LogP contribution in [0.1, 0.15) is 0 Å². The molecule has 5 nitrogen and oxygen atoms in total. The molecule has 5 atom stereocenters. The van der Waals surface area contributed by atoms with Crippen LogP contribution in [0.3, 0.4) is 0 Å². The van der Waals surface area contributed by atoms with Gasteiger partial charge in [-0.1, -0.05) is 22.6 Å². The van der Waals surface area contributed by atoms with E-state index in [0.29, 0.717) is 4.43 Å². The Bertz CT molecular complexity index is 150. The third kappa shape index (κ3) is 1.88. The zero-order valence-corrected chi connectivity index (χ0v) is 8.33. The fourth-order valence-electron chi connectivity index (χ4n) is 1.06. The molecule has 0 amide bonds. The third-order valence-corrected chi connectivity index (χ3v) is 2.71. The highest BCUT2D eigenvalue weighted by atomic mass is 127. The summed E-state index contributed by atoms with van der Waals surface area (Å²) in [5, 5.41) is 36.5. The average Bonchev–Trinajstić information content (AvgIpc) is 2.08. The van der Waals surface area contributed by atoms with E-state index in [1.54, 1.807) is 0 Å². The maximum Gasteiger partial charge on any atom is 0.183 e. The summed E-state index contributed by atoms with van der Waals surface area (Å²) in [6.45, 7) is 0. The van der Waals surface area contributed by atoms with Gasteiger partial charge in [0.05, 0.1) is 6.10 Å². The van der Waals surface area contributed by atoms with E-state index < -0.39 is 30.7 Å². The van der Waals surface area contributed by atoms with Crippen LogP contribution in [-0.2, 0) is 4.74 Å². The van der Waals surface area contributed by atoms with Gasteiger partial charge in [0, 0.05) is 4.43 Å². The largest absolute Gasteiger partial charge is 0.388 e. The van der Waals surface area contributed by atoms with E-state index in [4.69, 9.17) is 14.9 Å². The van der Waals surface area contributed by atoms with E-state index in [1.807, 2.05) is 22.6 Å². The van der Waals surface area contributed by atoms with Gasteiger partial charge in [-0.05, 0) is 0 Å². The van der Waals surface area contributed by atoms with E-state index >= 15 is 0 Å². The number of aliphatic hydroxyl groups is 4. The molecule has 1 unspecified atom stereocenters. The van der Waals surface area contributed by atoms with Crippen LogP contribution >= 0.6 is 22.6 Å². The number of ether oxygens (including phenoxy) is 1. The first-order chi connectivity index (χ1) is 5.57. The molecule has 0 aromatic carbocycles. The summed E-state index contributed by atoms with van der Waals surface area (Å²) in [7, 11) is 0. The van der Waals surface area contributed by atoms with Crippen molar-refractivity contribution in [3.63, 3.8) is 0 Å². The lowest BCUT2D eigenvalue weighted by Crippen LogP contribution is -2.57. The van der Waals surface area contributed by atoms with Crippen molar-refractivity contribution in [1.82, 2.24) is 0 Å². The minimum absolute atomic E-state index is 0.444. The second-order valence-corrected chi connectivity index (χ2v) is 3.57. The molecule has 1 rings (SSSR count). The minimum Gasteiger partial charge on any atom is -0.388 e. The first kappa shape index (κ1) is 10.6. The SMILES string of the molecule is OC1O[C@@H](CI)[C@H](O)[C@@H](O)[C@@H]1O. The van der Waals surface area contributed by atoms with E-state index in [1.165, 1.54) is 0 Å². The molecule has 4 N–H and O–H groups in total. The van der Waals surface area contributed by atoms with Crippen LogP contribution in [-0.4, -0.2) is 55.6 Å². The highest BCUT2D eigenvalue weighted by Crippen LogP contribution is 2.20. The van der Waals surface area contributed by atoms with Gasteiger partial charge in [0.15, 0.2) is 6.29 Å². The molecule has 1 aliphatic rings. The zero-order valence-electron chi connectivity index (χ0n) is 6.17. The van der Waals surface area contributed by atoms with Crippen LogP contribution in [0.5, 0.6) is 0 Å². The van der Waals surface area contributed by atoms with Crippen molar-refractivity contribution in [3.05, 3.63) is 0 Å². The first-order valence-corrected chi connectivity index (χ1v) is 5.04. The van der Waals surface area contributed by atoms with Crippen LogP contribution < -0.4 is 0 Å². The summed E-state index contributed by atoms with van der Waals surface area (Å²) < 4.78 is 5.26. The van der Waals surface area contributed by atoms with Gasteiger partial charge in [0.1, 0.15) is 18.3 Å². The molecule has 0 radical (unpaired) electrons. The molecule has 0 aromatic rings. The number of aliphatic hydroxyl groups excluding tert-OH is 4. The molecule has 0 aliphatic carbocycles. The van der Waals surface area contributed by atoms with Crippen LogP contribution in [0.2, 0.25) is 0 Å². The molecular formula is C6H11IO5. The Kier molecular flexibility index (Phi) is 3.68. The molecular weight excluding hydrogens is 279 g/mol. The van der Waals surface area contributed by atoms with E-state index in [2.05, 4.69) is 0 Å². The molecule has 12 heavy (non-hydrogen) atoms. The summed E-state index contributed by atoms with van der Waals surface area (Å²) in [5.74, 6) is 0. The van der Waals surface area contributed by atoms with Gasteiger partial charge in [-0.2, -0.15) is 0 Å². The van der Waals surface area contributed by atoms with E-state index in [9.17, 15) is 10.2 Å². The summed E-state index contributed by atoms with van der Waals surface area (Å²) in [5.41, 5.74) is 0. The molecule has 1 saturated heterocycles. The number of alkyl halides is 1. The highest BCUT2D eigenvalue weighted by molar-refractivity contribution is 14.1. The molecule has 1 fully saturated rings. The molecule has 0 aromatic heterocycles. The van der Waals surface area contributed by atoms with Crippen molar-refractivity contribution < 1.29 is 25.2 Å². The molecule has 0 bridgehead atoms. The first-order valence-electron chi connectivity index (χ1n) is 3.51. The van der Waals surface area contributed by atoms with E-state index in [-0.39, 0.29) is 0 Å². The van der Waals surface area contributed by atoms with Gasteiger partial charge in [0.2, 0.25) is 0 Å². The van der Waals surface area contributed by atoms with Crippen molar-refractivity contribution in [3.8, 4) is 0 Å². The predicted molar refractivity (Wildman–Crippen MR) is 47.8 cm³/mol. The number of hydrogen-bond donors (Lipinski definition) is 4. The maximum atomic E-state index is 9.27. The fourth-order valence-corrected chi connectivity index (χ4v) is 1.79. The Morgan fingerprint density at radius 3 is 2.08 bits per heavy atom.